The molecule has 1 heterocycles. The summed E-state index contributed by atoms with van der Waals surface area (Å²) >= 11 is 0. The van der Waals surface area contributed by atoms with Gasteiger partial charge in [-0.3, -0.25) is 4.68 Å². The Hall–Kier alpha value is -1.33. The zero-order valence-corrected chi connectivity index (χ0v) is 6.58. The topological polar surface area (TPSA) is 34.9 Å². The molecule has 72 valence electrons. The van der Waals surface area contributed by atoms with Gasteiger partial charge in [-0.1, -0.05) is 0 Å². The molecule has 13 heavy (non-hydrogen) atoms. The molecular weight excluding hydrogens is 185 g/mol. The molecular formula is C7H7F3N2O. The summed E-state index contributed by atoms with van der Waals surface area (Å²) in [5.74, 6) is 0. The molecule has 1 aromatic heterocycles. The van der Waals surface area contributed by atoms with Crippen molar-refractivity contribution in [2.45, 2.75) is 19.1 Å². The predicted octanol–water partition coefficient (Wildman–Crippen LogP) is 1.49. The monoisotopic (exact) mass is 192 g/mol. The standard InChI is InChI=1S/C7H7F3N2O/c8-7(9,10)6-4-11-12(5-6)2-1-3-13/h3-5H,1-2H2. The maximum absolute atomic E-state index is 12.0. The molecule has 0 saturated carbocycles. The summed E-state index contributed by atoms with van der Waals surface area (Å²) in [6, 6.07) is 0. The van der Waals surface area contributed by atoms with E-state index >= 15 is 0 Å². The van der Waals surface area contributed by atoms with E-state index in [0.29, 0.717) is 6.29 Å². The molecule has 0 fully saturated rings. The Morgan fingerprint density at radius 1 is 1.54 bits per heavy atom. The lowest BCUT2D eigenvalue weighted by molar-refractivity contribution is -0.137. The third-order valence-electron chi connectivity index (χ3n) is 1.44. The fourth-order valence-electron chi connectivity index (χ4n) is 0.817. The minimum Gasteiger partial charge on any atom is -0.303 e. The third kappa shape index (κ3) is 2.57. The zero-order chi connectivity index (χ0) is 9.90. The van der Waals surface area contributed by atoms with Gasteiger partial charge in [-0.2, -0.15) is 18.3 Å². The van der Waals surface area contributed by atoms with E-state index in [-0.39, 0.29) is 13.0 Å². The summed E-state index contributed by atoms with van der Waals surface area (Å²) in [5, 5.41) is 3.46. The van der Waals surface area contributed by atoms with Crippen LogP contribution in [0, 0.1) is 0 Å². The number of aldehydes is 1. The van der Waals surface area contributed by atoms with Crippen LogP contribution in [0.25, 0.3) is 0 Å². The van der Waals surface area contributed by atoms with Crippen molar-refractivity contribution in [3.8, 4) is 0 Å². The fourth-order valence-corrected chi connectivity index (χ4v) is 0.817. The Balaban J connectivity index is 2.69. The molecule has 6 heteroatoms. The van der Waals surface area contributed by atoms with E-state index in [2.05, 4.69) is 5.10 Å². The molecule has 0 N–H and O–H groups in total. The van der Waals surface area contributed by atoms with Crippen molar-refractivity contribution in [3.63, 3.8) is 0 Å². The van der Waals surface area contributed by atoms with Crippen LogP contribution in [0.5, 0.6) is 0 Å². The number of alkyl halides is 3. The van der Waals surface area contributed by atoms with E-state index < -0.39 is 11.7 Å². The van der Waals surface area contributed by atoms with Crippen LogP contribution in [-0.2, 0) is 17.5 Å². The highest BCUT2D eigenvalue weighted by Gasteiger charge is 2.31. The molecule has 0 aliphatic heterocycles. The predicted molar refractivity (Wildman–Crippen MR) is 37.9 cm³/mol. The number of rotatable bonds is 3. The van der Waals surface area contributed by atoms with Crippen LogP contribution in [0.3, 0.4) is 0 Å². The van der Waals surface area contributed by atoms with Crippen molar-refractivity contribution >= 4 is 6.29 Å². The Bertz CT molecular complexity index is 292. The van der Waals surface area contributed by atoms with Crippen molar-refractivity contribution < 1.29 is 18.0 Å². The number of hydrogen-bond donors (Lipinski definition) is 0. The Morgan fingerprint density at radius 3 is 2.69 bits per heavy atom. The maximum atomic E-state index is 12.0. The number of carbonyl (C=O) groups excluding carboxylic acids is 1. The molecule has 3 nitrogen and oxygen atoms in total. The molecule has 0 spiro atoms. The first-order chi connectivity index (χ1) is 6.04. The molecule has 0 aliphatic carbocycles. The third-order valence-corrected chi connectivity index (χ3v) is 1.44. The lowest BCUT2D eigenvalue weighted by atomic mass is 10.3. The number of aryl methyl sites for hydroxylation is 1. The van der Waals surface area contributed by atoms with Crippen LogP contribution >= 0.6 is 0 Å². The molecule has 0 saturated heterocycles. The van der Waals surface area contributed by atoms with Gasteiger partial charge in [-0.05, 0) is 0 Å². The van der Waals surface area contributed by atoms with Crippen molar-refractivity contribution in [1.82, 2.24) is 9.78 Å². The van der Waals surface area contributed by atoms with Crippen LogP contribution in [-0.4, -0.2) is 16.1 Å². The Labute approximate surface area is 72.2 Å². The Kier molecular flexibility index (Phi) is 2.69. The van der Waals surface area contributed by atoms with Crippen molar-refractivity contribution in [3.05, 3.63) is 18.0 Å². The largest absolute Gasteiger partial charge is 0.419 e. The zero-order valence-electron chi connectivity index (χ0n) is 6.58. The number of halogens is 3. The summed E-state index contributed by atoms with van der Waals surface area (Å²) in [6.45, 7) is 0.180. The van der Waals surface area contributed by atoms with Gasteiger partial charge in [0.05, 0.1) is 11.8 Å². The van der Waals surface area contributed by atoms with Crippen LogP contribution in [0.4, 0.5) is 13.2 Å². The number of hydrogen-bond acceptors (Lipinski definition) is 2. The highest BCUT2D eigenvalue weighted by Crippen LogP contribution is 2.28. The first-order valence-electron chi connectivity index (χ1n) is 3.57. The van der Waals surface area contributed by atoms with E-state index in [9.17, 15) is 18.0 Å². The summed E-state index contributed by atoms with van der Waals surface area (Å²) < 4.78 is 37.1. The molecule has 1 rings (SSSR count). The molecule has 0 bridgehead atoms. The second-order valence-corrected chi connectivity index (χ2v) is 2.45. The van der Waals surface area contributed by atoms with Gasteiger partial charge >= 0.3 is 6.18 Å². The van der Waals surface area contributed by atoms with Gasteiger partial charge in [0.25, 0.3) is 0 Å². The van der Waals surface area contributed by atoms with Crippen LogP contribution < -0.4 is 0 Å². The summed E-state index contributed by atoms with van der Waals surface area (Å²) in [4.78, 5) is 9.92. The molecule has 0 amide bonds. The molecule has 0 radical (unpaired) electrons. The van der Waals surface area contributed by atoms with Gasteiger partial charge in [0.2, 0.25) is 0 Å². The van der Waals surface area contributed by atoms with Crippen molar-refractivity contribution in [2.24, 2.45) is 0 Å². The van der Waals surface area contributed by atoms with Gasteiger partial charge in [0.1, 0.15) is 6.29 Å². The fraction of sp³-hybridized carbons (Fsp3) is 0.429. The molecule has 0 aliphatic rings. The highest BCUT2D eigenvalue weighted by molar-refractivity contribution is 5.48. The molecule has 0 unspecified atom stereocenters. The van der Waals surface area contributed by atoms with E-state index in [1.54, 1.807) is 0 Å². The summed E-state index contributed by atoms with van der Waals surface area (Å²) in [5.41, 5.74) is -0.793. The van der Waals surface area contributed by atoms with Gasteiger partial charge in [0, 0.05) is 19.2 Å². The summed E-state index contributed by atoms with van der Waals surface area (Å²) in [6.07, 6.45) is -1.94. The average Bonchev–Trinajstić information content (AvgIpc) is 2.47. The van der Waals surface area contributed by atoms with Gasteiger partial charge in [-0.15, -0.1) is 0 Å². The minimum absolute atomic E-state index is 0.166. The summed E-state index contributed by atoms with van der Waals surface area (Å²) in [7, 11) is 0. The van der Waals surface area contributed by atoms with Gasteiger partial charge < -0.3 is 4.79 Å². The van der Waals surface area contributed by atoms with Crippen LogP contribution in [0.2, 0.25) is 0 Å². The van der Waals surface area contributed by atoms with Crippen LogP contribution in [0.15, 0.2) is 12.4 Å². The normalized spacial score (nSPS) is 11.6. The molecule has 0 atom stereocenters. The highest BCUT2D eigenvalue weighted by atomic mass is 19.4. The minimum atomic E-state index is -4.36. The molecule has 1 aromatic rings. The number of carbonyl (C=O) groups is 1. The second-order valence-electron chi connectivity index (χ2n) is 2.45. The van der Waals surface area contributed by atoms with E-state index in [1.165, 1.54) is 0 Å². The van der Waals surface area contributed by atoms with Crippen molar-refractivity contribution in [1.29, 1.82) is 0 Å². The van der Waals surface area contributed by atoms with E-state index in [1.807, 2.05) is 0 Å². The second kappa shape index (κ2) is 3.59. The molecule has 0 aromatic carbocycles. The average molecular weight is 192 g/mol. The maximum Gasteiger partial charge on any atom is 0.419 e. The lowest BCUT2D eigenvalue weighted by Crippen LogP contribution is -2.03. The Morgan fingerprint density at radius 2 is 2.23 bits per heavy atom. The van der Waals surface area contributed by atoms with Crippen molar-refractivity contribution in [2.75, 3.05) is 0 Å². The van der Waals surface area contributed by atoms with E-state index in [4.69, 9.17) is 0 Å². The smallest absolute Gasteiger partial charge is 0.303 e. The number of aromatic nitrogens is 2. The van der Waals surface area contributed by atoms with Gasteiger partial charge in [0.15, 0.2) is 0 Å². The van der Waals surface area contributed by atoms with Gasteiger partial charge in [-0.25, -0.2) is 0 Å². The first kappa shape index (κ1) is 9.76. The lowest BCUT2D eigenvalue weighted by Gasteiger charge is -2.00. The SMILES string of the molecule is O=CCCn1cc(C(F)(F)F)cn1. The quantitative estimate of drug-likeness (QED) is 0.680. The van der Waals surface area contributed by atoms with Crippen LogP contribution in [0.1, 0.15) is 12.0 Å². The first-order valence-corrected chi connectivity index (χ1v) is 3.57. The van der Waals surface area contributed by atoms with E-state index in [0.717, 1.165) is 17.1 Å². The number of nitrogens with zero attached hydrogens (tertiary/aromatic N) is 2.